The first-order valence-corrected chi connectivity index (χ1v) is 11.8. The van der Waals surface area contributed by atoms with Crippen LogP contribution >= 0.6 is 0 Å². The number of hydrogen-bond acceptors (Lipinski definition) is 6. The lowest BCUT2D eigenvalue weighted by Crippen LogP contribution is -2.24. The molecule has 0 atom stereocenters. The molecule has 0 aliphatic rings. The molecule has 0 aliphatic heterocycles. The number of unbranched alkanes of at least 4 members (excludes halogenated alkanes) is 2. The van der Waals surface area contributed by atoms with Crippen molar-refractivity contribution in [2.45, 2.75) is 24.2 Å². The largest absolute Gasteiger partial charge is 0.507 e. The van der Waals surface area contributed by atoms with E-state index in [1.54, 1.807) is 60.7 Å². The van der Waals surface area contributed by atoms with E-state index < -0.39 is 10.0 Å². The molecule has 0 amide bonds. The first-order valence-electron chi connectivity index (χ1n) is 10.3. The average Bonchev–Trinajstić information content (AvgIpc) is 2.79. The first kappa shape index (κ1) is 21.9. The summed E-state index contributed by atoms with van der Waals surface area (Å²) in [7, 11) is -3.49. The number of ether oxygens (including phenoxy) is 1. The maximum atomic E-state index is 12.6. The van der Waals surface area contributed by atoms with Crippen molar-refractivity contribution in [3.05, 3.63) is 77.0 Å². The maximum absolute atomic E-state index is 12.6. The molecule has 0 radical (unpaired) electrons. The highest BCUT2D eigenvalue weighted by atomic mass is 32.2. The van der Waals surface area contributed by atoms with Gasteiger partial charge in [0.15, 0.2) is 0 Å². The summed E-state index contributed by atoms with van der Waals surface area (Å²) in [5.41, 5.74) is 0.419. The second kappa shape index (κ2) is 9.42. The van der Waals surface area contributed by atoms with Gasteiger partial charge in [-0.3, -0.25) is 4.79 Å². The lowest BCUT2D eigenvalue weighted by atomic mass is 10.1. The molecule has 0 spiro atoms. The minimum Gasteiger partial charge on any atom is -0.507 e. The van der Waals surface area contributed by atoms with E-state index in [2.05, 4.69) is 4.72 Å². The van der Waals surface area contributed by atoms with Gasteiger partial charge in [-0.05, 0) is 43.5 Å². The van der Waals surface area contributed by atoms with Crippen LogP contribution < -0.4 is 14.9 Å². The van der Waals surface area contributed by atoms with Gasteiger partial charge in [-0.2, -0.15) is 0 Å². The number of para-hydroxylation sites is 1. The fraction of sp³-hybridized carbons (Fsp3) is 0.208. The Morgan fingerprint density at radius 1 is 0.906 bits per heavy atom. The van der Waals surface area contributed by atoms with Crippen LogP contribution in [-0.2, 0) is 10.0 Å². The van der Waals surface area contributed by atoms with Gasteiger partial charge >= 0.3 is 0 Å². The summed E-state index contributed by atoms with van der Waals surface area (Å²) < 4.78 is 38.4. The lowest BCUT2D eigenvalue weighted by molar-refractivity contribution is 0.304. The summed E-state index contributed by atoms with van der Waals surface area (Å²) in [6, 6.07) is 18.1. The molecular weight excluding hydrogens is 430 g/mol. The summed E-state index contributed by atoms with van der Waals surface area (Å²) in [5, 5.41) is 10.9. The zero-order chi connectivity index (χ0) is 22.6. The number of nitrogens with one attached hydrogen (secondary N) is 1. The normalized spacial score (nSPS) is 11.8. The van der Waals surface area contributed by atoms with Crippen LogP contribution in [-0.4, -0.2) is 26.7 Å². The van der Waals surface area contributed by atoms with Crippen molar-refractivity contribution < 1.29 is 22.7 Å². The predicted molar refractivity (Wildman–Crippen MR) is 123 cm³/mol. The minimum absolute atomic E-state index is 0.127. The topological polar surface area (TPSA) is 106 Å². The second-order valence-corrected chi connectivity index (χ2v) is 9.13. The molecule has 1 heterocycles. The van der Waals surface area contributed by atoms with E-state index in [0.717, 1.165) is 6.42 Å². The van der Waals surface area contributed by atoms with E-state index in [1.807, 2.05) is 0 Å². The second-order valence-electron chi connectivity index (χ2n) is 7.36. The number of fused-ring (bicyclic) bond motifs is 2. The molecule has 166 valence electrons. The molecule has 0 bridgehead atoms. The zero-order valence-corrected chi connectivity index (χ0v) is 18.1. The van der Waals surface area contributed by atoms with Gasteiger partial charge in [0.25, 0.3) is 0 Å². The Bertz CT molecular complexity index is 1400. The Hall–Kier alpha value is -3.36. The van der Waals surface area contributed by atoms with E-state index in [1.165, 1.54) is 6.07 Å². The smallest absolute Gasteiger partial charge is 0.240 e. The first-order chi connectivity index (χ1) is 15.5. The Morgan fingerprint density at radius 2 is 1.66 bits per heavy atom. The van der Waals surface area contributed by atoms with Crippen molar-refractivity contribution in [3.63, 3.8) is 0 Å². The maximum Gasteiger partial charge on any atom is 0.240 e. The van der Waals surface area contributed by atoms with E-state index in [-0.39, 0.29) is 27.0 Å². The fourth-order valence-electron chi connectivity index (χ4n) is 3.45. The van der Waals surface area contributed by atoms with Gasteiger partial charge in [-0.15, -0.1) is 0 Å². The van der Waals surface area contributed by atoms with Gasteiger partial charge in [-0.1, -0.05) is 30.3 Å². The number of sulfonamides is 1. The van der Waals surface area contributed by atoms with Crippen LogP contribution in [0.15, 0.2) is 80.8 Å². The molecule has 0 unspecified atom stereocenters. The SMILES string of the molecule is O=c1c2ccccc2oc2cc(OCCCCCNS(=O)(=O)c3ccccc3)cc(O)c12. The van der Waals surface area contributed by atoms with E-state index in [4.69, 9.17) is 9.15 Å². The summed E-state index contributed by atoms with van der Waals surface area (Å²) in [5.74, 6) is 0.213. The number of hydrogen-bond donors (Lipinski definition) is 2. The number of phenols is 1. The van der Waals surface area contributed by atoms with Crippen LogP contribution in [0.2, 0.25) is 0 Å². The summed E-state index contributed by atoms with van der Waals surface area (Å²) in [6.45, 7) is 0.723. The average molecular weight is 454 g/mol. The van der Waals surface area contributed by atoms with E-state index in [9.17, 15) is 18.3 Å². The van der Waals surface area contributed by atoms with Crippen LogP contribution in [0.5, 0.6) is 11.5 Å². The van der Waals surface area contributed by atoms with Crippen LogP contribution in [0.25, 0.3) is 21.9 Å². The molecular formula is C24H23NO6S. The van der Waals surface area contributed by atoms with Gasteiger partial charge in [0.2, 0.25) is 15.5 Å². The molecule has 0 saturated heterocycles. The lowest BCUT2D eigenvalue weighted by Gasteiger charge is -2.09. The van der Waals surface area contributed by atoms with Gasteiger partial charge in [0.1, 0.15) is 28.1 Å². The number of phenolic OH excluding ortho intramolecular Hbond substituents is 1. The van der Waals surface area contributed by atoms with Gasteiger partial charge in [0, 0.05) is 18.7 Å². The fourth-order valence-corrected chi connectivity index (χ4v) is 4.54. The van der Waals surface area contributed by atoms with Crippen LogP contribution in [0.3, 0.4) is 0 Å². The summed E-state index contributed by atoms with van der Waals surface area (Å²) >= 11 is 0. The number of rotatable bonds is 9. The van der Waals surface area contributed by atoms with Crippen molar-refractivity contribution in [1.29, 1.82) is 0 Å². The molecule has 7 nitrogen and oxygen atoms in total. The molecule has 3 aromatic carbocycles. The van der Waals surface area contributed by atoms with Crippen molar-refractivity contribution in [2.24, 2.45) is 0 Å². The molecule has 0 saturated carbocycles. The number of aromatic hydroxyl groups is 1. The van der Waals surface area contributed by atoms with Crippen molar-refractivity contribution >= 4 is 32.0 Å². The highest BCUT2D eigenvalue weighted by molar-refractivity contribution is 7.89. The van der Waals surface area contributed by atoms with Gasteiger partial charge in [-0.25, -0.2) is 13.1 Å². The molecule has 4 aromatic rings. The van der Waals surface area contributed by atoms with E-state index in [0.29, 0.717) is 42.7 Å². The predicted octanol–water partition coefficient (Wildman–Crippen LogP) is 4.18. The molecule has 2 N–H and O–H groups in total. The van der Waals surface area contributed by atoms with Crippen LogP contribution in [0, 0.1) is 0 Å². The van der Waals surface area contributed by atoms with Crippen molar-refractivity contribution in [3.8, 4) is 11.5 Å². The monoisotopic (exact) mass is 453 g/mol. The quantitative estimate of drug-likeness (QED) is 0.291. The molecule has 0 aliphatic carbocycles. The summed E-state index contributed by atoms with van der Waals surface area (Å²) in [4.78, 5) is 12.9. The summed E-state index contributed by atoms with van der Waals surface area (Å²) in [6.07, 6.45) is 2.13. The molecule has 32 heavy (non-hydrogen) atoms. The van der Waals surface area contributed by atoms with Crippen molar-refractivity contribution in [1.82, 2.24) is 4.72 Å². The molecule has 4 rings (SSSR count). The standard InChI is InChI=1S/C24H23NO6S/c26-20-15-17(16-22-23(20)24(27)19-11-5-6-12-21(19)31-22)30-14-8-2-7-13-25-32(28,29)18-9-3-1-4-10-18/h1,3-6,9-12,15-16,25-26H,2,7-8,13-14H2. The number of benzene rings is 3. The third kappa shape index (κ3) is 4.76. The Morgan fingerprint density at radius 3 is 2.47 bits per heavy atom. The highest BCUT2D eigenvalue weighted by Gasteiger charge is 2.14. The Labute approximate surface area is 185 Å². The van der Waals surface area contributed by atoms with Crippen LogP contribution in [0.4, 0.5) is 0 Å². The highest BCUT2D eigenvalue weighted by Crippen LogP contribution is 2.30. The van der Waals surface area contributed by atoms with Gasteiger partial charge < -0.3 is 14.3 Å². The third-order valence-electron chi connectivity index (χ3n) is 5.07. The Balaban J connectivity index is 1.30. The van der Waals surface area contributed by atoms with Crippen LogP contribution in [0.1, 0.15) is 19.3 Å². The third-order valence-corrected chi connectivity index (χ3v) is 6.55. The molecule has 1 aromatic heterocycles. The molecule has 8 heteroatoms. The minimum atomic E-state index is -3.49. The Kier molecular flexibility index (Phi) is 6.43. The van der Waals surface area contributed by atoms with Crippen molar-refractivity contribution in [2.75, 3.05) is 13.2 Å². The zero-order valence-electron chi connectivity index (χ0n) is 17.3. The van der Waals surface area contributed by atoms with Gasteiger partial charge in [0.05, 0.1) is 16.9 Å². The van der Waals surface area contributed by atoms with E-state index >= 15 is 0 Å². The molecule has 0 fully saturated rings.